The van der Waals surface area contributed by atoms with Gasteiger partial charge in [0.1, 0.15) is 0 Å². The van der Waals surface area contributed by atoms with Crippen LogP contribution in [0.4, 0.5) is 5.13 Å². The first-order valence-electron chi connectivity index (χ1n) is 7.70. The van der Waals surface area contributed by atoms with Gasteiger partial charge < -0.3 is 15.0 Å². The molecule has 0 bridgehead atoms. The lowest BCUT2D eigenvalue weighted by Crippen LogP contribution is -2.37. The molecule has 1 aliphatic rings. The minimum absolute atomic E-state index is 0.448. The number of piperidine rings is 1. The normalized spacial score (nSPS) is 17.1. The fourth-order valence-corrected chi connectivity index (χ4v) is 3.34. The van der Waals surface area contributed by atoms with Crippen LogP contribution in [0.25, 0.3) is 0 Å². The van der Waals surface area contributed by atoms with E-state index in [1.54, 1.807) is 11.3 Å². The molecule has 114 valence electrons. The van der Waals surface area contributed by atoms with E-state index in [0.717, 1.165) is 51.3 Å². The van der Waals surface area contributed by atoms with Crippen molar-refractivity contribution in [3.05, 3.63) is 11.1 Å². The average molecular weight is 297 g/mol. The van der Waals surface area contributed by atoms with Crippen LogP contribution in [0.5, 0.6) is 0 Å². The molecule has 1 saturated heterocycles. The first-order chi connectivity index (χ1) is 9.69. The maximum absolute atomic E-state index is 5.69. The Labute approximate surface area is 126 Å². The van der Waals surface area contributed by atoms with E-state index in [-0.39, 0.29) is 0 Å². The first-order valence-corrected chi connectivity index (χ1v) is 8.58. The van der Waals surface area contributed by atoms with Crippen LogP contribution in [0, 0.1) is 5.92 Å². The number of anilines is 1. The SMILES string of the molecule is CCOC1CCN(c2nc(CNCC(C)C)cs2)CC1. The van der Waals surface area contributed by atoms with Crippen molar-refractivity contribution in [2.24, 2.45) is 5.92 Å². The number of ether oxygens (including phenoxy) is 1. The molecular weight excluding hydrogens is 270 g/mol. The molecule has 2 rings (SSSR count). The van der Waals surface area contributed by atoms with Crippen LogP contribution >= 0.6 is 11.3 Å². The predicted molar refractivity (Wildman–Crippen MR) is 85.5 cm³/mol. The minimum atomic E-state index is 0.448. The van der Waals surface area contributed by atoms with Gasteiger partial charge in [0.15, 0.2) is 5.13 Å². The zero-order valence-electron chi connectivity index (χ0n) is 12.9. The molecule has 1 aliphatic heterocycles. The fraction of sp³-hybridized carbons (Fsp3) is 0.800. The second-order valence-corrected chi connectivity index (χ2v) is 6.62. The molecular formula is C15H27N3OS. The summed E-state index contributed by atoms with van der Waals surface area (Å²) in [7, 11) is 0. The van der Waals surface area contributed by atoms with Crippen LogP contribution in [0.1, 0.15) is 39.3 Å². The molecule has 0 spiro atoms. The summed E-state index contributed by atoms with van der Waals surface area (Å²) in [5.74, 6) is 0.686. The van der Waals surface area contributed by atoms with E-state index < -0.39 is 0 Å². The number of thiazole rings is 1. The van der Waals surface area contributed by atoms with Crippen molar-refractivity contribution in [2.75, 3.05) is 31.1 Å². The summed E-state index contributed by atoms with van der Waals surface area (Å²) in [5, 5.41) is 6.79. The van der Waals surface area contributed by atoms with Gasteiger partial charge in [-0.15, -0.1) is 11.3 Å². The topological polar surface area (TPSA) is 37.4 Å². The Kier molecular flexibility index (Phi) is 6.26. The van der Waals surface area contributed by atoms with E-state index in [4.69, 9.17) is 9.72 Å². The van der Waals surface area contributed by atoms with E-state index in [2.05, 4.69) is 36.4 Å². The molecule has 0 aliphatic carbocycles. The van der Waals surface area contributed by atoms with Gasteiger partial charge in [-0.2, -0.15) is 0 Å². The molecule has 1 aromatic heterocycles. The van der Waals surface area contributed by atoms with Gasteiger partial charge in [0.25, 0.3) is 0 Å². The Balaban J connectivity index is 1.78. The van der Waals surface area contributed by atoms with Gasteiger partial charge in [-0.3, -0.25) is 0 Å². The highest BCUT2D eigenvalue weighted by Crippen LogP contribution is 2.25. The lowest BCUT2D eigenvalue weighted by molar-refractivity contribution is 0.0459. The summed E-state index contributed by atoms with van der Waals surface area (Å²) in [6, 6.07) is 0. The van der Waals surface area contributed by atoms with Gasteiger partial charge >= 0.3 is 0 Å². The van der Waals surface area contributed by atoms with Crippen molar-refractivity contribution >= 4 is 16.5 Å². The quantitative estimate of drug-likeness (QED) is 0.840. The van der Waals surface area contributed by atoms with E-state index in [1.807, 2.05) is 0 Å². The summed E-state index contributed by atoms with van der Waals surface area (Å²) in [6.07, 6.45) is 2.69. The Bertz CT molecular complexity index is 386. The molecule has 1 N–H and O–H groups in total. The average Bonchev–Trinajstić information content (AvgIpc) is 2.88. The molecule has 0 radical (unpaired) electrons. The summed E-state index contributed by atoms with van der Waals surface area (Å²) in [6.45, 7) is 11.4. The molecule has 1 fully saturated rings. The van der Waals surface area contributed by atoms with E-state index in [0.29, 0.717) is 12.0 Å². The molecule has 1 aromatic rings. The van der Waals surface area contributed by atoms with Crippen LogP contribution in [-0.4, -0.2) is 37.3 Å². The smallest absolute Gasteiger partial charge is 0.185 e. The van der Waals surface area contributed by atoms with Crippen molar-refractivity contribution in [1.29, 1.82) is 0 Å². The zero-order chi connectivity index (χ0) is 14.4. The zero-order valence-corrected chi connectivity index (χ0v) is 13.7. The van der Waals surface area contributed by atoms with Crippen LogP contribution in [0.15, 0.2) is 5.38 Å². The van der Waals surface area contributed by atoms with Gasteiger partial charge in [-0.05, 0) is 32.2 Å². The number of aromatic nitrogens is 1. The summed E-state index contributed by atoms with van der Waals surface area (Å²) in [4.78, 5) is 7.14. The van der Waals surface area contributed by atoms with Gasteiger partial charge in [0.2, 0.25) is 0 Å². The third kappa shape index (κ3) is 4.72. The van der Waals surface area contributed by atoms with Gasteiger partial charge in [0, 0.05) is 31.6 Å². The van der Waals surface area contributed by atoms with Crippen LogP contribution in [-0.2, 0) is 11.3 Å². The number of nitrogens with one attached hydrogen (secondary N) is 1. The number of hydrogen-bond acceptors (Lipinski definition) is 5. The van der Waals surface area contributed by atoms with Crippen LogP contribution < -0.4 is 10.2 Å². The van der Waals surface area contributed by atoms with E-state index in [9.17, 15) is 0 Å². The van der Waals surface area contributed by atoms with Gasteiger partial charge in [-0.1, -0.05) is 13.8 Å². The summed E-state index contributed by atoms with van der Waals surface area (Å²) in [5.41, 5.74) is 1.16. The Hall–Kier alpha value is -0.650. The Morgan fingerprint density at radius 2 is 2.20 bits per heavy atom. The number of nitrogens with zero attached hydrogens (tertiary/aromatic N) is 2. The lowest BCUT2D eigenvalue weighted by Gasteiger charge is -2.31. The van der Waals surface area contributed by atoms with E-state index in [1.165, 1.54) is 5.13 Å². The largest absolute Gasteiger partial charge is 0.378 e. The highest BCUT2D eigenvalue weighted by atomic mass is 32.1. The first kappa shape index (κ1) is 15.7. The fourth-order valence-electron chi connectivity index (χ4n) is 2.46. The number of rotatable bonds is 7. The van der Waals surface area contributed by atoms with Crippen molar-refractivity contribution < 1.29 is 4.74 Å². The maximum atomic E-state index is 5.69. The number of hydrogen-bond donors (Lipinski definition) is 1. The van der Waals surface area contributed by atoms with Gasteiger partial charge in [-0.25, -0.2) is 4.98 Å². The van der Waals surface area contributed by atoms with Crippen LogP contribution in [0.2, 0.25) is 0 Å². The third-order valence-corrected chi connectivity index (χ3v) is 4.46. The predicted octanol–water partition coefficient (Wildman–Crippen LogP) is 2.89. The highest BCUT2D eigenvalue weighted by molar-refractivity contribution is 7.13. The molecule has 2 heterocycles. The van der Waals surface area contributed by atoms with Gasteiger partial charge in [0.05, 0.1) is 11.8 Å². The molecule has 4 nitrogen and oxygen atoms in total. The third-order valence-electron chi connectivity index (χ3n) is 3.51. The second kappa shape index (κ2) is 7.96. The lowest BCUT2D eigenvalue weighted by atomic mass is 10.1. The van der Waals surface area contributed by atoms with E-state index >= 15 is 0 Å². The van der Waals surface area contributed by atoms with Crippen LogP contribution in [0.3, 0.4) is 0 Å². The maximum Gasteiger partial charge on any atom is 0.185 e. The summed E-state index contributed by atoms with van der Waals surface area (Å²) < 4.78 is 5.69. The van der Waals surface area contributed by atoms with Crippen molar-refractivity contribution in [3.8, 4) is 0 Å². The van der Waals surface area contributed by atoms with Crippen molar-refractivity contribution in [2.45, 2.75) is 46.3 Å². The summed E-state index contributed by atoms with van der Waals surface area (Å²) >= 11 is 1.76. The monoisotopic (exact) mass is 297 g/mol. The minimum Gasteiger partial charge on any atom is -0.378 e. The Morgan fingerprint density at radius 3 is 2.85 bits per heavy atom. The molecule has 0 atom stereocenters. The second-order valence-electron chi connectivity index (χ2n) is 5.79. The van der Waals surface area contributed by atoms with Crippen molar-refractivity contribution in [3.63, 3.8) is 0 Å². The molecule has 20 heavy (non-hydrogen) atoms. The Morgan fingerprint density at radius 1 is 1.45 bits per heavy atom. The van der Waals surface area contributed by atoms with Crippen molar-refractivity contribution in [1.82, 2.24) is 10.3 Å². The molecule has 0 amide bonds. The standard InChI is InChI=1S/C15H27N3OS/c1-4-19-14-5-7-18(8-6-14)15-17-13(11-20-15)10-16-9-12(2)3/h11-12,14,16H,4-10H2,1-3H3. The molecule has 0 saturated carbocycles. The molecule has 0 unspecified atom stereocenters. The highest BCUT2D eigenvalue weighted by Gasteiger charge is 2.21. The molecule has 5 heteroatoms. The molecule has 0 aromatic carbocycles.